The van der Waals surface area contributed by atoms with Crippen LogP contribution in [0.25, 0.3) is 0 Å². The maximum Gasteiger partial charge on any atom is 0.407 e. The van der Waals surface area contributed by atoms with E-state index < -0.39 is 12.1 Å². The van der Waals surface area contributed by atoms with E-state index in [0.717, 1.165) is 12.0 Å². The van der Waals surface area contributed by atoms with Crippen molar-refractivity contribution in [3.8, 4) is 0 Å². The molecule has 0 bridgehead atoms. The van der Waals surface area contributed by atoms with Gasteiger partial charge < -0.3 is 20.7 Å². The molecule has 0 fully saturated rings. The van der Waals surface area contributed by atoms with Crippen LogP contribution < -0.4 is 16.0 Å². The third-order valence-electron chi connectivity index (χ3n) is 4.86. The molecular formula is C21H33N3O4. The number of methoxy groups -OCH3 is 1. The fraction of sp³-hybridized carbons (Fsp3) is 0.571. The Morgan fingerprint density at radius 2 is 1.64 bits per heavy atom. The van der Waals surface area contributed by atoms with Crippen molar-refractivity contribution in [2.45, 2.75) is 53.1 Å². The summed E-state index contributed by atoms with van der Waals surface area (Å²) in [6.45, 7) is 9.99. The van der Waals surface area contributed by atoms with Crippen LogP contribution in [0.15, 0.2) is 24.3 Å². The van der Waals surface area contributed by atoms with Crippen LogP contribution in [-0.4, -0.2) is 43.6 Å². The average molecular weight is 392 g/mol. The first-order chi connectivity index (χ1) is 13.2. The molecule has 3 atom stereocenters. The predicted molar refractivity (Wildman–Crippen MR) is 109 cm³/mol. The van der Waals surface area contributed by atoms with Gasteiger partial charge in [0.15, 0.2) is 0 Å². The molecule has 0 saturated heterocycles. The number of aryl methyl sites for hydroxylation is 1. The van der Waals surface area contributed by atoms with Gasteiger partial charge in [-0.15, -0.1) is 0 Å². The number of nitrogens with one attached hydrogen (secondary N) is 3. The lowest BCUT2D eigenvalue weighted by Crippen LogP contribution is -2.55. The maximum atomic E-state index is 12.7. The van der Waals surface area contributed by atoms with Gasteiger partial charge in [0.05, 0.1) is 7.11 Å². The van der Waals surface area contributed by atoms with E-state index in [-0.39, 0.29) is 29.7 Å². The quantitative estimate of drug-likeness (QED) is 0.603. The Labute approximate surface area is 167 Å². The molecule has 0 saturated carbocycles. The Balaban J connectivity index is 2.78. The number of alkyl carbamates (subject to hydrolysis) is 1. The van der Waals surface area contributed by atoms with E-state index in [0.29, 0.717) is 12.1 Å². The topological polar surface area (TPSA) is 96.5 Å². The van der Waals surface area contributed by atoms with Crippen LogP contribution in [0.1, 0.15) is 50.0 Å². The molecule has 156 valence electrons. The molecule has 3 amide bonds. The van der Waals surface area contributed by atoms with Gasteiger partial charge in [-0.2, -0.15) is 0 Å². The smallest absolute Gasteiger partial charge is 0.407 e. The Kier molecular flexibility index (Phi) is 9.48. The van der Waals surface area contributed by atoms with Crippen LogP contribution in [-0.2, 0) is 9.53 Å². The lowest BCUT2D eigenvalue weighted by molar-refractivity contribution is -0.125. The third-order valence-corrected chi connectivity index (χ3v) is 4.86. The van der Waals surface area contributed by atoms with Crippen LogP contribution in [0.5, 0.6) is 0 Å². The molecule has 28 heavy (non-hydrogen) atoms. The van der Waals surface area contributed by atoms with Gasteiger partial charge >= 0.3 is 6.09 Å². The molecule has 0 heterocycles. The van der Waals surface area contributed by atoms with E-state index >= 15 is 0 Å². The van der Waals surface area contributed by atoms with Gasteiger partial charge in [-0.1, -0.05) is 51.8 Å². The highest BCUT2D eigenvalue weighted by Crippen LogP contribution is 2.10. The molecule has 7 heteroatoms. The van der Waals surface area contributed by atoms with Gasteiger partial charge in [0.25, 0.3) is 5.91 Å². The summed E-state index contributed by atoms with van der Waals surface area (Å²) in [5.41, 5.74) is 1.66. The van der Waals surface area contributed by atoms with Crippen molar-refractivity contribution in [3.05, 3.63) is 35.4 Å². The molecule has 0 aliphatic heterocycles. The molecule has 1 aromatic rings. The van der Waals surface area contributed by atoms with E-state index in [1.807, 2.05) is 46.8 Å². The van der Waals surface area contributed by atoms with E-state index in [2.05, 4.69) is 20.7 Å². The number of amides is 3. The van der Waals surface area contributed by atoms with E-state index in [9.17, 15) is 14.4 Å². The SMILES string of the molecule is CCC(C)C(CNC(=O)c1ccc(C)cc1)NC(=O)C(NC(=O)OC)C(C)C. The van der Waals surface area contributed by atoms with E-state index in [1.165, 1.54) is 7.11 Å². The second kappa shape index (κ2) is 11.3. The van der Waals surface area contributed by atoms with Crippen molar-refractivity contribution in [2.75, 3.05) is 13.7 Å². The maximum absolute atomic E-state index is 12.7. The Bertz CT molecular complexity index is 658. The number of ether oxygens (including phenoxy) is 1. The highest BCUT2D eigenvalue weighted by Gasteiger charge is 2.28. The van der Waals surface area contributed by atoms with Crippen LogP contribution in [0.4, 0.5) is 4.79 Å². The molecule has 0 aromatic heterocycles. The van der Waals surface area contributed by atoms with Crippen LogP contribution in [0, 0.1) is 18.8 Å². The van der Waals surface area contributed by atoms with Gasteiger partial charge in [-0.05, 0) is 30.9 Å². The summed E-state index contributed by atoms with van der Waals surface area (Å²) in [5, 5.41) is 8.43. The standard InChI is InChI=1S/C21H33N3O4/c1-7-15(5)17(12-22-19(25)16-10-8-14(4)9-11-16)23-20(26)18(13(2)3)24-21(27)28-6/h8-11,13,15,17-18H,7,12H2,1-6H3,(H,22,25)(H,23,26)(H,24,27). The van der Waals surface area contributed by atoms with E-state index in [4.69, 9.17) is 0 Å². The first-order valence-corrected chi connectivity index (χ1v) is 9.69. The highest BCUT2D eigenvalue weighted by molar-refractivity contribution is 5.94. The summed E-state index contributed by atoms with van der Waals surface area (Å²) in [4.78, 5) is 36.6. The summed E-state index contributed by atoms with van der Waals surface area (Å²) >= 11 is 0. The number of carbonyl (C=O) groups excluding carboxylic acids is 3. The first-order valence-electron chi connectivity index (χ1n) is 9.69. The monoisotopic (exact) mass is 391 g/mol. The predicted octanol–water partition coefficient (Wildman–Crippen LogP) is 2.64. The van der Waals surface area contributed by atoms with Crippen LogP contribution >= 0.6 is 0 Å². The van der Waals surface area contributed by atoms with Gasteiger partial charge in [0.1, 0.15) is 6.04 Å². The first kappa shape index (κ1) is 23.5. The van der Waals surface area contributed by atoms with Crippen LogP contribution in [0.2, 0.25) is 0 Å². The minimum atomic E-state index is -0.716. The minimum Gasteiger partial charge on any atom is -0.453 e. The number of carbonyl (C=O) groups is 3. The fourth-order valence-electron chi connectivity index (χ4n) is 2.68. The van der Waals surface area contributed by atoms with Gasteiger partial charge in [0, 0.05) is 18.2 Å². The number of benzene rings is 1. The molecule has 7 nitrogen and oxygen atoms in total. The number of hydrogen-bond donors (Lipinski definition) is 3. The summed E-state index contributed by atoms with van der Waals surface area (Å²) in [7, 11) is 1.26. The zero-order valence-electron chi connectivity index (χ0n) is 17.7. The highest BCUT2D eigenvalue weighted by atomic mass is 16.5. The fourth-order valence-corrected chi connectivity index (χ4v) is 2.68. The molecule has 0 aliphatic rings. The average Bonchev–Trinajstić information content (AvgIpc) is 2.68. The molecule has 0 spiro atoms. The lowest BCUT2D eigenvalue weighted by Gasteiger charge is -2.28. The summed E-state index contributed by atoms with van der Waals surface area (Å²) in [6, 6.07) is 6.34. The van der Waals surface area contributed by atoms with Gasteiger partial charge in [0.2, 0.25) is 5.91 Å². The van der Waals surface area contributed by atoms with Crippen molar-refractivity contribution >= 4 is 17.9 Å². The lowest BCUT2D eigenvalue weighted by atomic mass is 9.97. The Hall–Kier alpha value is -2.57. The largest absolute Gasteiger partial charge is 0.453 e. The van der Waals surface area contributed by atoms with Crippen molar-refractivity contribution < 1.29 is 19.1 Å². The Morgan fingerprint density at radius 1 is 1.04 bits per heavy atom. The second-order valence-electron chi connectivity index (χ2n) is 7.43. The normalized spacial score (nSPS) is 14.0. The molecule has 3 N–H and O–H groups in total. The summed E-state index contributed by atoms with van der Waals surface area (Å²) in [5.74, 6) is -0.446. The molecule has 1 aromatic carbocycles. The molecule has 3 unspecified atom stereocenters. The van der Waals surface area contributed by atoms with Crippen molar-refractivity contribution in [3.63, 3.8) is 0 Å². The van der Waals surface area contributed by atoms with Crippen LogP contribution in [0.3, 0.4) is 0 Å². The summed E-state index contributed by atoms with van der Waals surface area (Å²) in [6.07, 6.45) is 0.184. The second-order valence-corrected chi connectivity index (χ2v) is 7.43. The molecular weight excluding hydrogens is 358 g/mol. The van der Waals surface area contributed by atoms with Crippen molar-refractivity contribution in [2.24, 2.45) is 11.8 Å². The van der Waals surface area contributed by atoms with Crippen molar-refractivity contribution in [1.82, 2.24) is 16.0 Å². The zero-order chi connectivity index (χ0) is 21.3. The van der Waals surface area contributed by atoms with Gasteiger partial charge in [-0.3, -0.25) is 9.59 Å². The molecule has 1 rings (SSSR count). The molecule has 0 radical (unpaired) electrons. The van der Waals surface area contributed by atoms with E-state index in [1.54, 1.807) is 12.1 Å². The number of rotatable bonds is 9. The Morgan fingerprint density at radius 3 is 2.14 bits per heavy atom. The zero-order valence-corrected chi connectivity index (χ0v) is 17.7. The van der Waals surface area contributed by atoms with Crippen molar-refractivity contribution in [1.29, 1.82) is 0 Å². The molecule has 0 aliphatic carbocycles. The minimum absolute atomic E-state index is 0.112. The number of hydrogen-bond acceptors (Lipinski definition) is 4. The summed E-state index contributed by atoms with van der Waals surface area (Å²) < 4.78 is 4.60. The third kappa shape index (κ3) is 7.21. The van der Waals surface area contributed by atoms with Gasteiger partial charge in [-0.25, -0.2) is 4.79 Å².